The van der Waals surface area contributed by atoms with Crippen molar-refractivity contribution in [2.45, 2.75) is 58.7 Å². The van der Waals surface area contributed by atoms with Crippen LogP contribution in [0.1, 0.15) is 39.4 Å². The second kappa shape index (κ2) is 8.18. The Labute approximate surface area is 180 Å². The predicted octanol–water partition coefficient (Wildman–Crippen LogP) is 1.72. The Morgan fingerprint density at radius 2 is 2.00 bits per heavy atom. The van der Waals surface area contributed by atoms with Crippen molar-refractivity contribution >= 4 is 17.1 Å². The normalized spacial score (nSPS) is 16.8. The van der Waals surface area contributed by atoms with E-state index in [2.05, 4.69) is 19.9 Å². The molecule has 4 rings (SSSR count). The fourth-order valence-electron chi connectivity index (χ4n) is 3.74. The van der Waals surface area contributed by atoms with Gasteiger partial charge in [0, 0.05) is 43.9 Å². The van der Waals surface area contributed by atoms with E-state index in [-0.39, 0.29) is 12.0 Å². The van der Waals surface area contributed by atoms with Crippen LogP contribution in [0.3, 0.4) is 0 Å². The van der Waals surface area contributed by atoms with E-state index < -0.39 is 5.54 Å². The van der Waals surface area contributed by atoms with Gasteiger partial charge in [-0.1, -0.05) is 0 Å². The van der Waals surface area contributed by atoms with Gasteiger partial charge in [0.2, 0.25) is 11.8 Å². The summed E-state index contributed by atoms with van der Waals surface area (Å²) in [6.07, 6.45) is 5.87. The first-order chi connectivity index (χ1) is 14.7. The maximum absolute atomic E-state index is 12.5. The molecule has 3 aromatic rings. The van der Waals surface area contributed by atoms with Gasteiger partial charge in [-0.3, -0.25) is 4.79 Å². The third-order valence-corrected chi connectivity index (χ3v) is 5.24. The zero-order valence-corrected chi connectivity index (χ0v) is 18.4. The average molecular weight is 425 g/mol. The fourth-order valence-corrected chi connectivity index (χ4v) is 3.74. The lowest BCUT2D eigenvalue weighted by molar-refractivity contribution is -0.131. The van der Waals surface area contributed by atoms with E-state index in [0.29, 0.717) is 48.9 Å². The Hall–Kier alpha value is -3.14. The quantitative estimate of drug-likeness (QED) is 0.634. The number of carbonyl (C=O) groups is 1. The first kappa shape index (κ1) is 21.1. The number of aryl methyl sites for hydroxylation is 2. The molecule has 1 amide bonds. The molecule has 0 aliphatic carbocycles. The molecule has 10 heteroatoms. The Balaban J connectivity index is 1.58. The van der Waals surface area contributed by atoms with Gasteiger partial charge < -0.3 is 19.9 Å². The summed E-state index contributed by atoms with van der Waals surface area (Å²) in [5, 5.41) is 0. The third kappa shape index (κ3) is 4.48. The minimum atomic E-state index is -0.530. The van der Waals surface area contributed by atoms with E-state index in [4.69, 9.17) is 15.5 Å². The summed E-state index contributed by atoms with van der Waals surface area (Å²) in [7, 11) is 0. The van der Waals surface area contributed by atoms with Gasteiger partial charge in [-0.15, -0.1) is 0 Å². The monoisotopic (exact) mass is 424 g/mol. The number of aromatic nitrogens is 6. The summed E-state index contributed by atoms with van der Waals surface area (Å²) in [5.41, 5.74) is 7.55. The van der Waals surface area contributed by atoms with Crippen molar-refractivity contribution in [3.05, 3.63) is 24.5 Å². The van der Waals surface area contributed by atoms with Crippen LogP contribution < -0.4 is 10.5 Å². The molecule has 0 radical (unpaired) electrons. The molecule has 10 nitrogen and oxygen atoms in total. The molecule has 0 bridgehead atoms. The Bertz CT molecular complexity index is 1090. The van der Waals surface area contributed by atoms with E-state index in [1.54, 1.807) is 17.3 Å². The summed E-state index contributed by atoms with van der Waals surface area (Å²) in [6.45, 7) is 9.41. The number of hydrogen-bond acceptors (Lipinski definition) is 8. The number of amides is 1. The van der Waals surface area contributed by atoms with Gasteiger partial charge in [0.25, 0.3) is 0 Å². The number of fused-ring (bicyclic) bond motifs is 1. The van der Waals surface area contributed by atoms with Crippen LogP contribution in [0.5, 0.6) is 5.88 Å². The molecule has 2 N–H and O–H groups in total. The van der Waals surface area contributed by atoms with Crippen LogP contribution in [-0.2, 0) is 11.3 Å². The molecule has 1 unspecified atom stereocenters. The predicted molar refractivity (Wildman–Crippen MR) is 115 cm³/mol. The molecular weight excluding hydrogens is 396 g/mol. The van der Waals surface area contributed by atoms with Crippen LogP contribution >= 0.6 is 0 Å². The van der Waals surface area contributed by atoms with Crippen molar-refractivity contribution in [1.29, 1.82) is 0 Å². The minimum absolute atomic E-state index is 0.0448. The molecule has 1 saturated heterocycles. The molecule has 1 aliphatic rings. The van der Waals surface area contributed by atoms with Gasteiger partial charge >= 0.3 is 0 Å². The number of nitrogens with two attached hydrogens (primary N) is 1. The minimum Gasteiger partial charge on any atom is -0.471 e. The number of ether oxygens (including phenoxy) is 1. The Morgan fingerprint density at radius 1 is 1.26 bits per heavy atom. The Kier molecular flexibility index (Phi) is 5.57. The number of carbonyl (C=O) groups excluding carboxylic acids is 1. The number of likely N-dealkylation sites (tertiary alicyclic amines) is 1. The molecule has 0 saturated carbocycles. The molecule has 3 aromatic heterocycles. The Morgan fingerprint density at radius 3 is 2.68 bits per heavy atom. The second-order valence-electron chi connectivity index (χ2n) is 8.58. The average Bonchev–Trinajstić information content (AvgIpc) is 3.32. The van der Waals surface area contributed by atoms with Gasteiger partial charge in [0.05, 0.1) is 12.1 Å². The molecule has 0 aromatic carbocycles. The highest BCUT2D eigenvalue weighted by Crippen LogP contribution is 2.29. The van der Waals surface area contributed by atoms with E-state index in [9.17, 15) is 4.79 Å². The van der Waals surface area contributed by atoms with Crippen LogP contribution in [0.15, 0.2) is 18.7 Å². The smallest absolute Gasteiger partial charge is 0.245 e. The van der Waals surface area contributed by atoms with Crippen molar-refractivity contribution in [2.75, 3.05) is 13.1 Å². The topological polar surface area (TPSA) is 125 Å². The van der Waals surface area contributed by atoms with Gasteiger partial charge in [-0.05, 0) is 27.7 Å². The molecule has 1 aliphatic heterocycles. The standard InChI is InChI=1S/C21H28N8O2/c1-5-29-18(14-9-23-13(2)24-10-14)27-17-19(29)25-12-26-20(17)31-15-6-7-28(11-15)16(30)8-21(3,4)22/h9-10,12,15H,5-8,11,22H2,1-4H3. The van der Waals surface area contributed by atoms with Crippen molar-refractivity contribution in [3.8, 4) is 17.3 Å². The highest BCUT2D eigenvalue weighted by Gasteiger charge is 2.31. The van der Waals surface area contributed by atoms with Crippen molar-refractivity contribution in [2.24, 2.45) is 5.73 Å². The lowest BCUT2D eigenvalue weighted by Crippen LogP contribution is -2.41. The lowest BCUT2D eigenvalue weighted by atomic mass is 10.0. The summed E-state index contributed by atoms with van der Waals surface area (Å²) < 4.78 is 8.18. The van der Waals surface area contributed by atoms with E-state index in [0.717, 1.165) is 17.8 Å². The number of hydrogen-bond donors (Lipinski definition) is 1. The summed E-state index contributed by atoms with van der Waals surface area (Å²) in [4.78, 5) is 36.4. The zero-order valence-electron chi connectivity index (χ0n) is 18.4. The highest BCUT2D eigenvalue weighted by molar-refractivity contribution is 5.81. The SMILES string of the molecule is CCn1c(-c2cnc(C)nc2)nc2c(OC3CCN(C(=O)CC(C)(C)N)C3)ncnc21. The van der Waals surface area contributed by atoms with Crippen LogP contribution in [-0.4, -0.2) is 65.0 Å². The molecule has 4 heterocycles. The van der Waals surface area contributed by atoms with Crippen LogP contribution in [0, 0.1) is 6.92 Å². The molecule has 1 atom stereocenters. The van der Waals surface area contributed by atoms with Crippen LogP contribution in [0.2, 0.25) is 0 Å². The molecule has 0 spiro atoms. The van der Waals surface area contributed by atoms with E-state index in [1.165, 1.54) is 6.33 Å². The lowest BCUT2D eigenvalue weighted by Gasteiger charge is -2.23. The van der Waals surface area contributed by atoms with Crippen molar-refractivity contribution < 1.29 is 9.53 Å². The second-order valence-corrected chi connectivity index (χ2v) is 8.58. The number of rotatable bonds is 6. The van der Waals surface area contributed by atoms with Gasteiger partial charge in [-0.25, -0.2) is 19.9 Å². The van der Waals surface area contributed by atoms with E-state index in [1.807, 2.05) is 32.3 Å². The fraction of sp³-hybridized carbons (Fsp3) is 0.524. The van der Waals surface area contributed by atoms with Crippen molar-refractivity contribution in [1.82, 2.24) is 34.4 Å². The molecule has 1 fully saturated rings. The summed E-state index contributed by atoms with van der Waals surface area (Å²) in [5.74, 6) is 1.88. The highest BCUT2D eigenvalue weighted by atomic mass is 16.5. The van der Waals surface area contributed by atoms with E-state index >= 15 is 0 Å². The first-order valence-corrected chi connectivity index (χ1v) is 10.5. The zero-order chi connectivity index (χ0) is 22.2. The summed E-state index contributed by atoms with van der Waals surface area (Å²) >= 11 is 0. The number of nitrogens with zero attached hydrogens (tertiary/aromatic N) is 7. The largest absolute Gasteiger partial charge is 0.471 e. The third-order valence-electron chi connectivity index (χ3n) is 5.24. The van der Waals surface area contributed by atoms with Crippen molar-refractivity contribution in [3.63, 3.8) is 0 Å². The maximum atomic E-state index is 12.5. The van der Waals surface area contributed by atoms with Crippen LogP contribution in [0.4, 0.5) is 0 Å². The molecular formula is C21H28N8O2. The maximum Gasteiger partial charge on any atom is 0.245 e. The van der Waals surface area contributed by atoms with Gasteiger partial charge in [0.1, 0.15) is 24.1 Å². The number of imidazole rings is 1. The first-order valence-electron chi connectivity index (χ1n) is 10.5. The molecule has 164 valence electrons. The molecule has 31 heavy (non-hydrogen) atoms. The van der Waals surface area contributed by atoms with Gasteiger partial charge in [-0.2, -0.15) is 4.98 Å². The van der Waals surface area contributed by atoms with Crippen LogP contribution in [0.25, 0.3) is 22.6 Å². The summed E-state index contributed by atoms with van der Waals surface area (Å²) in [6, 6.07) is 0. The van der Waals surface area contributed by atoms with Gasteiger partial charge in [0.15, 0.2) is 11.2 Å².